The lowest BCUT2D eigenvalue weighted by molar-refractivity contribution is -0.167. The Kier molecular flexibility index (Phi) is 6.82. The van der Waals surface area contributed by atoms with Crippen LogP contribution in [0.25, 0.3) is 11.1 Å². The highest BCUT2D eigenvalue weighted by atomic mass is 19.4. The molecule has 0 heterocycles. The van der Waals surface area contributed by atoms with Gasteiger partial charge in [-0.1, -0.05) is 54.6 Å². The monoisotopic (exact) mass is 448 g/mol. The number of carbonyl (C=O) groups is 3. The molecule has 1 aliphatic carbocycles. The van der Waals surface area contributed by atoms with E-state index in [4.69, 9.17) is 9.84 Å². The van der Waals surface area contributed by atoms with Gasteiger partial charge in [-0.15, -0.1) is 0 Å². The highest BCUT2D eigenvalue weighted by molar-refractivity contribution is 5.87. The van der Waals surface area contributed by atoms with Crippen LogP contribution in [-0.4, -0.2) is 48.4 Å². The average molecular weight is 448 g/mol. The van der Waals surface area contributed by atoms with E-state index in [1.54, 1.807) is 0 Å². The minimum Gasteiger partial charge on any atom is -0.478 e. The van der Waals surface area contributed by atoms with Crippen LogP contribution in [-0.2, 0) is 14.3 Å². The Morgan fingerprint density at radius 3 is 2.12 bits per heavy atom. The first-order valence-corrected chi connectivity index (χ1v) is 9.54. The molecular formula is C22H19F3N2O5. The second-order valence-corrected chi connectivity index (χ2v) is 6.93. The zero-order valence-corrected chi connectivity index (χ0v) is 16.6. The molecule has 1 atom stereocenters. The van der Waals surface area contributed by atoms with Crippen molar-refractivity contribution in [2.75, 3.05) is 13.2 Å². The number of alkyl halides is 3. The number of carboxylic acid groups (broad SMARTS) is 1. The van der Waals surface area contributed by atoms with Gasteiger partial charge in [-0.25, -0.2) is 9.59 Å². The molecule has 3 rings (SSSR count). The fourth-order valence-corrected chi connectivity index (χ4v) is 3.48. The molecule has 3 N–H and O–H groups in total. The molecule has 1 aliphatic rings. The molecule has 2 aromatic rings. The minimum absolute atomic E-state index is 0.215. The number of nitrogens with one attached hydrogen (secondary N) is 2. The molecule has 0 aliphatic heterocycles. The summed E-state index contributed by atoms with van der Waals surface area (Å²) in [4.78, 5) is 34.3. The maximum atomic E-state index is 13.3. The molecule has 168 valence electrons. The number of hydrogen-bond donors (Lipinski definition) is 3. The van der Waals surface area contributed by atoms with E-state index in [1.807, 2.05) is 53.8 Å². The van der Waals surface area contributed by atoms with Gasteiger partial charge >= 0.3 is 18.2 Å². The van der Waals surface area contributed by atoms with Crippen molar-refractivity contribution in [1.29, 1.82) is 0 Å². The smallest absolute Gasteiger partial charge is 0.417 e. The molecule has 1 unspecified atom stereocenters. The lowest BCUT2D eigenvalue weighted by Crippen LogP contribution is -2.55. The number of hydrogen-bond acceptors (Lipinski definition) is 4. The first-order chi connectivity index (χ1) is 15.2. The fraction of sp³-hybridized carbons (Fsp3) is 0.227. The fourth-order valence-electron chi connectivity index (χ4n) is 3.48. The van der Waals surface area contributed by atoms with Gasteiger partial charge in [0.15, 0.2) is 0 Å². The number of carbonyl (C=O) groups excluding carboxylic acids is 2. The molecule has 0 spiro atoms. The van der Waals surface area contributed by atoms with Gasteiger partial charge in [-0.2, -0.15) is 13.2 Å². The van der Waals surface area contributed by atoms with E-state index in [0.717, 1.165) is 28.3 Å². The second kappa shape index (κ2) is 9.54. The van der Waals surface area contributed by atoms with Crippen molar-refractivity contribution in [3.05, 3.63) is 71.8 Å². The van der Waals surface area contributed by atoms with Gasteiger partial charge in [-0.05, 0) is 22.3 Å². The van der Waals surface area contributed by atoms with Crippen LogP contribution in [0.1, 0.15) is 17.0 Å². The van der Waals surface area contributed by atoms with Crippen LogP contribution in [0.5, 0.6) is 0 Å². The number of ether oxygens (including phenoxy) is 1. The van der Waals surface area contributed by atoms with E-state index < -0.39 is 36.7 Å². The van der Waals surface area contributed by atoms with Crippen LogP contribution in [0.4, 0.5) is 18.0 Å². The van der Waals surface area contributed by atoms with E-state index in [9.17, 15) is 27.6 Å². The number of carboxylic acids is 1. The molecule has 7 nitrogen and oxygen atoms in total. The van der Waals surface area contributed by atoms with E-state index in [2.05, 4.69) is 0 Å². The van der Waals surface area contributed by atoms with Crippen molar-refractivity contribution in [2.24, 2.45) is 0 Å². The Labute approximate surface area is 180 Å². The second-order valence-electron chi connectivity index (χ2n) is 6.93. The molecule has 0 radical (unpaired) electrons. The highest BCUT2D eigenvalue weighted by Gasteiger charge is 2.46. The Bertz CT molecular complexity index is 1010. The lowest BCUT2D eigenvalue weighted by atomic mass is 9.98. The SMILES string of the molecule is O=C(O)/C=C/CNC(=O)C(NC(=O)OCC1c2ccccc2-c2ccccc21)C(F)(F)F. The molecular weight excluding hydrogens is 429 g/mol. The number of benzene rings is 2. The van der Waals surface area contributed by atoms with Crippen LogP contribution in [0.15, 0.2) is 60.7 Å². The van der Waals surface area contributed by atoms with E-state index >= 15 is 0 Å². The largest absolute Gasteiger partial charge is 0.478 e. The predicted octanol–water partition coefficient (Wildman–Crippen LogP) is 3.21. The summed E-state index contributed by atoms with van der Waals surface area (Å²) in [6.07, 6.45) is -4.85. The summed E-state index contributed by atoms with van der Waals surface area (Å²) in [6, 6.07) is 12.1. The maximum absolute atomic E-state index is 13.3. The number of halogens is 3. The Hall–Kier alpha value is -3.82. The number of rotatable bonds is 7. The third-order valence-corrected chi connectivity index (χ3v) is 4.85. The van der Waals surface area contributed by atoms with Crippen LogP contribution in [0.2, 0.25) is 0 Å². The predicted molar refractivity (Wildman–Crippen MR) is 108 cm³/mol. The van der Waals surface area contributed by atoms with Crippen molar-refractivity contribution in [3.63, 3.8) is 0 Å². The topological polar surface area (TPSA) is 105 Å². The van der Waals surface area contributed by atoms with Crippen LogP contribution in [0, 0.1) is 0 Å². The summed E-state index contributed by atoms with van der Waals surface area (Å²) in [5, 5.41) is 11.9. The van der Waals surface area contributed by atoms with Crippen LogP contribution in [0.3, 0.4) is 0 Å². The van der Waals surface area contributed by atoms with Crippen molar-refractivity contribution < 1.29 is 37.4 Å². The maximum Gasteiger partial charge on any atom is 0.417 e. The van der Waals surface area contributed by atoms with Crippen LogP contribution >= 0.6 is 0 Å². The number of amides is 2. The Morgan fingerprint density at radius 2 is 1.59 bits per heavy atom. The van der Waals surface area contributed by atoms with Gasteiger partial charge in [0.1, 0.15) is 6.61 Å². The summed E-state index contributed by atoms with van der Waals surface area (Å²) in [6.45, 7) is -0.669. The summed E-state index contributed by atoms with van der Waals surface area (Å²) in [5.74, 6) is -3.21. The first kappa shape index (κ1) is 22.9. The van der Waals surface area contributed by atoms with Gasteiger partial charge in [0.05, 0.1) is 0 Å². The highest BCUT2D eigenvalue weighted by Crippen LogP contribution is 2.44. The van der Waals surface area contributed by atoms with Crippen LogP contribution < -0.4 is 10.6 Å². The van der Waals surface area contributed by atoms with E-state index in [0.29, 0.717) is 6.08 Å². The van der Waals surface area contributed by atoms with Crippen molar-refractivity contribution in [1.82, 2.24) is 10.6 Å². The number of fused-ring (bicyclic) bond motifs is 3. The van der Waals surface area contributed by atoms with Crippen molar-refractivity contribution in [2.45, 2.75) is 18.1 Å². The Morgan fingerprint density at radius 1 is 1.03 bits per heavy atom. The first-order valence-electron chi connectivity index (χ1n) is 9.54. The average Bonchev–Trinajstić information content (AvgIpc) is 3.06. The summed E-state index contributed by atoms with van der Waals surface area (Å²) >= 11 is 0. The van der Waals surface area contributed by atoms with Gasteiger partial charge in [0.2, 0.25) is 6.04 Å². The standard InChI is InChI=1S/C22H19F3N2O5/c23-22(24,25)19(20(30)26-11-5-10-18(28)29)27-21(31)32-12-17-15-8-3-1-6-13(15)14-7-2-4-9-16(14)17/h1-10,17,19H,11-12H2,(H,26,30)(H,27,31)(H,28,29)/b10-5+. The molecule has 10 heteroatoms. The zero-order chi connectivity index (χ0) is 23.3. The molecule has 0 aromatic heterocycles. The van der Waals surface area contributed by atoms with Gasteiger partial charge in [-0.3, -0.25) is 4.79 Å². The van der Waals surface area contributed by atoms with Gasteiger partial charge < -0.3 is 20.5 Å². The normalized spacial score (nSPS) is 13.8. The molecule has 2 aromatic carbocycles. The molecule has 0 saturated heterocycles. The van der Waals surface area contributed by atoms with Gasteiger partial charge in [0.25, 0.3) is 5.91 Å². The van der Waals surface area contributed by atoms with E-state index in [1.165, 1.54) is 5.32 Å². The van der Waals surface area contributed by atoms with E-state index in [-0.39, 0.29) is 12.5 Å². The van der Waals surface area contributed by atoms with Crippen molar-refractivity contribution >= 4 is 18.0 Å². The molecule has 2 amide bonds. The molecule has 0 fully saturated rings. The summed E-state index contributed by atoms with van der Waals surface area (Å²) in [7, 11) is 0. The molecule has 32 heavy (non-hydrogen) atoms. The quantitative estimate of drug-likeness (QED) is 0.565. The van der Waals surface area contributed by atoms with Crippen molar-refractivity contribution in [3.8, 4) is 11.1 Å². The van der Waals surface area contributed by atoms with Gasteiger partial charge in [0, 0.05) is 18.5 Å². The summed E-state index contributed by atoms with van der Waals surface area (Å²) < 4.78 is 44.8. The summed E-state index contributed by atoms with van der Waals surface area (Å²) in [5.41, 5.74) is 3.69. The number of alkyl carbamates (subject to hydrolysis) is 1. The molecule has 0 saturated carbocycles. The minimum atomic E-state index is -5.08. The zero-order valence-electron chi connectivity index (χ0n) is 16.6. The third kappa shape index (κ3) is 5.26. The third-order valence-electron chi connectivity index (χ3n) is 4.85. The lowest BCUT2D eigenvalue weighted by Gasteiger charge is -2.21. The Balaban J connectivity index is 1.65. The molecule has 0 bridgehead atoms. The number of aliphatic carboxylic acids is 1.